The van der Waals surface area contributed by atoms with Gasteiger partial charge in [-0.1, -0.05) is 13.8 Å². The Hall–Kier alpha value is -1.97. The van der Waals surface area contributed by atoms with Gasteiger partial charge in [0, 0.05) is 17.7 Å². The maximum atomic E-state index is 10.6. The molecule has 104 valence electrons. The molecule has 0 saturated carbocycles. The maximum Gasteiger partial charge on any atom is 0.328 e. The summed E-state index contributed by atoms with van der Waals surface area (Å²) in [6.45, 7) is 5.30. The largest absolute Gasteiger partial charge is 0.493 e. The molecule has 4 heteroatoms. The van der Waals surface area contributed by atoms with Crippen molar-refractivity contribution in [3.8, 4) is 11.5 Å². The molecule has 1 aromatic carbocycles. The lowest BCUT2D eigenvalue weighted by Crippen LogP contribution is -1.99. The van der Waals surface area contributed by atoms with Crippen molar-refractivity contribution in [1.29, 1.82) is 0 Å². The third-order valence-electron chi connectivity index (χ3n) is 2.33. The van der Waals surface area contributed by atoms with Gasteiger partial charge in [-0.2, -0.15) is 0 Å². The minimum atomic E-state index is -0.979. The fourth-order valence-corrected chi connectivity index (χ4v) is 1.46. The topological polar surface area (TPSA) is 55.8 Å². The summed E-state index contributed by atoms with van der Waals surface area (Å²) in [5.41, 5.74) is 0.736. The highest BCUT2D eigenvalue weighted by Gasteiger charge is 2.04. The summed E-state index contributed by atoms with van der Waals surface area (Å²) in [6.07, 6.45) is 4.45. The molecular formula is C15H20O4. The van der Waals surface area contributed by atoms with Gasteiger partial charge in [-0.05, 0) is 31.1 Å². The molecule has 0 bridgehead atoms. The lowest BCUT2D eigenvalue weighted by Gasteiger charge is -2.11. The Morgan fingerprint density at radius 1 is 1.21 bits per heavy atom. The SMILES string of the molecule is CCCOc1ccc(/C=C/C(=O)O)c(OCCC)c1. The van der Waals surface area contributed by atoms with E-state index in [9.17, 15) is 4.79 Å². The molecule has 0 saturated heterocycles. The summed E-state index contributed by atoms with van der Waals surface area (Å²) < 4.78 is 11.2. The lowest BCUT2D eigenvalue weighted by molar-refractivity contribution is -0.131. The summed E-state index contributed by atoms with van der Waals surface area (Å²) in [5, 5.41) is 8.66. The number of hydrogen-bond donors (Lipinski definition) is 1. The van der Waals surface area contributed by atoms with Crippen LogP contribution in [0.5, 0.6) is 11.5 Å². The zero-order valence-corrected chi connectivity index (χ0v) is 11.4. The second-order valence-electron chi connectivity index (χ2n) is 4.07. The van der Waals surface area contributed by atoms with Gasteiger partial charge in [0.05, 0.1) is 13.2 Å². The first kappa shape index (κ1) is 15.1. The van der Waals surface area contributed by atoms with Gasteiger partial charge in [-0.15, -0.1) is 0 Å². The van der Waals surface area contributed by atoms with E-state index in [0.29, 0.717) is 19.0 Å². The molecule has 0 aromatic heterocycles. The molecule has 0 radical (unpaired) electrons. The molecular weight excluding hydrogens is 244 g/mol. The fourth-order valence-electron chi connectivity index (χ4n) is 1.46. The standard InChI is InChI=1S/C15H20O4/c1-3-9-18-13-7-5-12(6-8-15(16)17)14(11-13)19-10-4-2/h5-8,11H,3-4,9-10H2,1-2H3,(H,16,17)/b8-6+. The number of carboxylic acid groups (broad SMARTS) is 1. The molecule has 19 heavy (non-hydrogen) atoms. The molecule has 0 spiro atoms. The van der Waals surface area contributed by atoms with Crippen molar-refractivity contribution in [2.45, 2.75) is 26.7 Å². The maximum absolute atomic E-state index is 10.6. The van der Waals surface area contributed by atoms with E-state index in [-0.39, 0.29) is 0 Å². The van der Waals surface area contributed by atoms with Gasteiger partial charge in [-0.3, -0.25) is 0 Å². The first-order chi connectivity index (χ1) is 9.17. The number of rotatable bonds is 8. The number of carboxylic acids is 1. The van der Waals surface area contributed by atoms with E-state index in [1.807, 2.05) is 19.9 Å². The second kappa shape index (κ2) is 8.19. The van der Waals surface area contributed by atoms with Crippen LogP contribution in [-0.2, 0) is 4.79 Å². The molecule has 0 aliphatic rings. The van der Waals surface area contributed by atoms with Gasteiger partial charge in [0.2, 0.25) is 0 Å². The molecule has 0 fully saturated rings. The van der Waals surface area contributed by atoms with Crippen molar-refractivity contribution in [2.75, 3.05) is 13.2 Å². The van der Waals surface area contributed by atoms with Crippen LogP contribution in [0.1, 0.15) is 32.3 Å². The van der Waals surface area contributed by atoms with Crippen LogP contribution in [0.25, 0.3) is 6.08 Å². The zero-order valence-electron chi connectivity index (χ0n) is 11.4. The molecule has 0 atom stereocenters. The molecule has 4 nitrogen and oxygen atoms in total. The van der Waals surface area contributed by atoms with Crippen LogP contribution in [0.4, 0.5) is 0 Å². The van der Waals surface area contributed by atoms with Gasteiger partial charge < -0.3 is 14.6 Å². The molecule has 1 aromatic rings. The average molecular weight is 264 g/mol. The van der Waals surface area contributed by atoms with Crippen LogP contribution >= 0.6 is 0 Å². The molecule has 0 aliphatic carbocycles. The zero-order chi connectivity index (χ0) is 14.1. The predicted molar refractivity (Wildman–Crippen MR) is 74.7 cm³/mol. The van der Waals surface area contributed by atoms with Gasteiger partial charge in [0.15, 0.2) is 0 Å². The number of hydrogen-bond acceptors (Lipinski definition) is 3. The summed E-state index contributed by atoms with van der Waals surface area (Å²) in [7, 11) is 0. The number of carbonyl (C=O) groups is 1. The highest BCUT2D eigenvalue weighted by Crippen LogP contribution is 2.26. The highest BCUT2D eigenvalue weighted by molar-refractivity contribution is 5.86. The summed E-state index contributed by atoms with van der Waals surface area (Å²) >= 11 is 0. The Morgan fingerprint density at radius 2 is 1.89 bits per heavy atom. The molecule has 0 amide bonds. The Kier molecular flexibility index (Phi) is 6.50. The molecule has 1 N–H and O–H groups in total. The van der Waals surface area contributed by atoms with Crippen molar-refractivity contribution < 1.29 is 19.4 Å². The lowest BCUT2D eigenvalue weighted by atomic mass is 10.1. The van der Waals surface area contributed by atoms with Crippen molar-refractivity contribution in [2.24, 2.45) is 0 Å². The Morgan fingerprint density at radius 3 is 2.53 bits per heavy atom. The Labute approximate surface area is 113 Å². The first-order valence-corrected chi connectivity index (χ1v) is 6.48. The molecule has 0 unspecified atom stereocenters. The van der Waals surface area contributed by atoms with Crippen LogP contribution in [-0.4, -0.2) is 24.3 Å². The molecule has 0 aliphatic heterocycles. The second-order valence-corrected chi connectivity index (χ2v) is 4.07. The summed E-state index contributed by atoms with van der Waals surface area (Å²) in [6, 6.07) is 5.41. The normalized spacial score (nSPS) is 10.6. The van der Waals surface area contributed by atoms with Crippen LogP contribution in [0, 0.1) is 0 Å². The quantitative estimate of drug-likeness (QED) is 0.731. The number of benzene rings is 1. The first-order valence-electron chi connectivity index (χ1n) is 6.48. The molecule has 0 heterocycles. The van der Waals surface area contributed by atoms with E-state index >= 15 is 0 Å². The van der Waals surface area contributed by atoms with Crippen molar-refractivity contribution in [1.82, 2.24) is 0 Å². The van der Waals surface area contributed by atoms with Crippen LogP contribution < -0.4 is 9.47 Å². The Balaban J connectivity index is 2.91. The van der Waals surface area contributed by atoms with E-state index in [1.54, 1.807) is 12.1 Å². The van der Waals surface area contributed by atoms with Gasteiger partial charge >= 0.3 is 5.97 Å². The number of ether oxygens (including phenoxy) is 2. The fraction of sp³-hybridized carbons (Fsp3) is 0.400. The monoisotopic (exact) mass is 264 g/mol. The minimum absolute atomic E-state index is 0.588. The predicted octanol–water partition coefficient (Wildman–Crippen LogP) is 3.36. The van der Waals surface area contributed by atoms with Crippen molar-refractivity contribution in [3.63, 3.8) is 0 Å². The van der Waals surface area contributed by atoms with Crippen LogP contribution in [0.2, 0.25) is 0 Å². The Bertz CT molecular complexity index is 438. The summed E-state index contributed by atoms with van der Waals surface area (Å²) in [5.74, 6) is 0.404. The van der Waals surface area contributed by atoms with E-state index in [1.165, 1.54) is 6.08 Å². The van der Waals surface area contributed by atoms with Gasteiger partial charge in [0.25, 0.3) is 0 Å². The molecule has 1 rings (SSSR count). The van der Waals surface area contributed by atoms with E-state index in [2.05, 4.69) is 0 Å². The number of aliphatic carboxylic acids is 1. The summed E-state index contributed by atoms with van der Waals surface area (Å²) in [4.78, 5) is 10.6. The van der Waals surface area contributed by atoms with Crippen LogP contribution in [0.15, 0.2) is 24.3 Å². The van der Waals surface area contributed by atoms with Gasteiger partial charge in [-0.25, -0.2) is 4.79 Å². The smallest absolute Gasteiger partial charge is 0.328 e. The highest BCUT2D eigenvalue weighted by atomic mass is 16.5. The van der Waals surface area contributed by atoms with E-state index in [0.717, 1.165) is 30.2 Å². The minimum Gasteiger partial charge on any atom is -0.493 e. The average Bonchev–Trinajstić information content (AvgIpc) is 2.41. The third-order valence-corrected chi connectivity index (χ3v) is 2.33. The van der Waals surface area contributed by atoms with E-state index in [4.69, 9.17) is 14.6 Å². The van der Waals surface area contributed by atoms with Crippen LogP contribution in [0.3, 0.4) is 0 Å². The van der Waals surface area contributed by atoms with Crippen molar-refractivity contribution in [3.05, 3.63) is 29.8 Å². The van der Waals surface area contributed by atoms with Crippen molar-refractivity contribution >= 4 is 12.0 Å². The van der Waals surface area contributed by atoms with Gasteiger partial charge in [0.1, 0.15) is 11.5 Å². The third kappa shape index (κ3) is 5.46. The van der Waals surface area contributed by atoms with E-state index < -0.39 is 5.97 Å².